The Bertz CT molecular complexity index is 1260. The van der Waals surface area contributed by atoms with Crippen molar-refractivity contribution >= 4 is 28.5 Å². The van der Waals surface area contributed by atoms with E-state index in [9.17, 15) is 0 Å². The Kier molecular flexibility index (Phi) is 7.24. The van der Waals surface area contributed by atoms with Gasteiger partial charge in [-0.15, -0.1) is 0 Å². The standard InChI is InChI=1S/C26H36ClN7O/c1-8-9-19(32(5)6)13-33-11-18(12-33)22-15(2)21(27)10-20(24(22)35-7)17(4)34-26-23(16(3)31-34)25(28)29-14-30-26/h9-10,14,17-18H,8,11-13H2,1-7H3,(H2,28,29,30)/b19-9+. The Balaban J connectivity index is 1.69. The summed E-state index contributed by atoms with van der Waals surface area (Å²) in [7, 11) is 5.95. The molecule has 0 bridgehead atoms. The van der Waals surface area contributed by atoms with Crippen LogP contribution in [0, 0.1) is 13.8 Å². The lowest BCUT2D eigenvalue weighted by atomic mass is 9.85. The number of nitrogen functional groups attached to an aromatic ring is 1. The summed E-state index contributed by atoms with van der Waals surface area (Å²) in [6.45, 7) is 11.2. The molecule has 0 amide bonds. The molecule has 1 aromatic carbocycles. The molecule has 8 nitrogen and oxygen atoms in total. The number of rotatable bonds is 8. The highest BCUT2D eigenvalue weighted by molar-refractivity contribution is 6.31. The summed E-state index contributed by atoms with van der Waals surface area (Å²) in [5, 5.41) is 6.28. The number of hydrogen-bond acceptors (Lipinski definition) is 7. The van der Waals surface area contributed by atoms with Gasteiger partial charge in [-0.3, -0.25) is 4.90 Å². The van der Waals surface area contributed by atoms with Crippen molar-refractivity contribution in [3.8, 4) is 5.75 Å². The normalized spacial score (nSPS) is 15.9. The highest BCUT2D eigenvalue weighted by Gasteiger charge is 2.34. The molecule has 3 heterocycles. The Morgan fingerprint density at radius 3 is 2.66 bits per heavy atom. The minimum atomic E-state index is -0.156. The first kappa shape index (κ1) is 25.3. The summed E-state index contributed by atoms with van der Waals surface area (Å²) in [4.78, 5) is 13.3. The Morgan fingerprint density at radius 1 is 1.31 bits per heavy atom. The van der Waals surface area contributed by atoms with Crippen LogP contribution in [0.4, 0.5) is 5.82 Å². The summed E-state index contributed by atoms with van der Waals surface area (Å²) >= 11 is 6.80. The van der Waals surface area contributed by atoms with Crippen LogP contribution in [-0.2, 0) is 0 Å². The first-order valence-electron chi connectivity index (χ1n) is 12.1. The number of ether oxygens (including phenoxy) is 1. The van der Waals surface area contributed by atoms with Gasteiger partial charge in [0, 0.05) is 61.5 Å². The van der Waals surface area contributed by atoms with Gasteiger partial charge in [0.2, 0.25) is 0 Å². The number of anilines is 1. The minimum Gasteiger partial charge on any atom is -0.496 e. The van der Waals surface area contributed by atoms with E-state index in [1.165, 1.54) is 17.6 Å². The maximum Gasteiger partial charge on any atom is 0.164 e. The summed E-state index contributed by atoms with van der Waals surface area (Å²) < 4.78 is 7.94. The summed E-state index contributed by atoms with van der Waals surface area (Å²) in [6.07, 6.45) is 4.81. The molecule has 0 radical (unpaired) electrons. The van der Waals surface area contributed by atoms with Gasteiger partial charge in [0.25, 0.3) is 0 Å². The van der Waals surface area contributed by atoms with Gasteiger partial charge >= 0.3 is 0 Å². The van der Waals surface area contributed by atoms with Crippen molar-refractivity contribution < 1.29 is 4.74 Å². The maximum absolute atomic E-state index is 6.80. The van der Waals surface area contributed by atoms with E-state index in [1.807, 2.05) is 17.7 Å². The maximum atomic E-state index is 6.80. The molecule has 0 saturated carbocycles. The van der Waals surface area contributed by atoms with E-state index in [4.69, 9.17) is 27.2 Å². The molecule has 2 N–H and O–H groups in total. The van der Waals surface area contributed by atoms with Crippen LogP contribution in [-0.4, -0.2) is 70.4 Å². The van der Waals surface area contributed by atoms with Crippen LogP contribution >= 0.6 is 11.6 Å². The minimum absolute atomic E-state index is 0.156. The van der Waals surface area contributed by atoms with Crippen LogP contribution in [0.5, 0.6) is 5.75 Å². The van der Waals surface area contributed by atoms with Gasteiger partial charge < -0.3 is 15.4 Å². The third-order valence-electron chi connectivity index (χ3n) is 7.03. The highest BCUT2D eigenvalue weighted by atomic mass is 35.5. The number of aromatic nitrogens is 4. The number of nitrogens with two attached hydrogens (primary N) is 1. The summed E-state index contributed by atoms with van der Waals surface area (Å²) in [5.41, 5.74) is 12.2. The zero-order chi connectivity index (χ0) is 25.4. The zero-order valence-corrected chi connectivity index (χ0v) is 22.5. The lowest BCUT2D eigenvalue weighted by Crippen LogP contribution is -2.47. The fraction of sp³-hybridized carbons (Fsp3) is 0.500. The molecular weight excluding hydrogens is 462 g/mol. The van der Waals surface area contributed by atoms with Crippen LogP contribution in [0.1, 0.15) is 54.6 Å². The van der Waals surface area contributed by atoms with Gasteiger partial charge in [0.1, 0.15) is 17.9 Å². The van der Waals surface area contributed by atoms with E-state index in [-0.39, 0.29) is 6.04 Å². The molecule has 1 aliphatic heterocycles. The Hall–Kier alpha value is -2.84. The summed E-state index contributed by atoms with van der Waals surface area (Å²) in [5.74, 6) is 1.67. The largest absolute Gasteiger partial charge is 0.496 e. The van der Waals surface area contributed by atoms with Crippen LogP contribution < -0.4 is 10.5 Å². The molecule has 4 rings (SSSR count). The second-order valence-corrected chi connectivity index (χ2v) is 9.98. The number of fused-ring (bicyclic) bond motifs is 1. The van der Waals surface area contributed by atoms with E-state index in [0.717, 1.165) is 59.0 Å². The third-order valence-corrected chi connectivity index (χ3v) is 7.42. The van der Waals surface area contributed by atoms with Crippen molar-refractivity contribution in [2.24, 2.45) is 0 Å². The second kappa shape index (κ2) is 10.0. The molecular formula is C26H36ClN7O. The van der Waals surface area contributed by atoms with Crippen molar-refractivity contribution in [3.63, 3.8) is 0 Å². The van der Waals surface area contributed by atoms with Crippen molar-refractivity contribution in [1.82, 2.24) is 29.5 Å². The van der Waals surface area contributed by atoms with Crippen molar-refractivity contribution in [2.75, 3.05) is 46.6 Å². The van der Waals surface area contributed by atoms with E-state index in [1.54, 1.807) is 7.11 Å². The van der Waals surface area contributed by atoms with E-state index < -0.39 is 0 Å². The van der Waals surface area contributed by atoms with Crippen LogP contribution in [0.3, 0.4) is 0 Å². The molecule has 1 unspecified atom stereocenters. The van der Waals surface area contributed by atoms with Gasteiger partial charge in [-0.05, 0) is 38.8 Å². The van der Waals surface area contributed by atoms with Crippen LogP contribution in [0.2, 0.25) is 5.02 Å². The average molecular weight is 498 g/mol. The Labute approximate surface area is 212 Å². The lowest BCUT2D eigenvalue weighted by molar-refractivity contribution is 0.150. The average Bonchev–Trinajstić information content (AvgIpc) is 3.14. The predicted molar refractivity (Wildman–Crippen MR) is 142 cm³/mol. The molecule has 0 aliphatic carbocycles. The molecule has 1 saturated heterocycles. The monoisotopic (exact) mass is 497 g/mol. The number of aryl methyl sites for hydroxylation is 1. The van der Waals surface area contributed by atoms with Gasteiger partial charge in [0.15, 0.2) is 5.65 Å². The number of methoxy groups -OCH3 is 1. The Morgan fingerprint density at radius 2 is 2.03 bits per heavy atom. The number of benzene rings is 1. The molecule has 0 spiro atoms. The quantitative estimate of drug-likeness (QED) is 0.488. The highest BCUT2D eigenvalue weighted by Crippen LogP contribution is 2.44. The van der Waals surface area contributed by atoms with Gasteiger partial charge in [-0.25, -0.2) is 14.6 Å². The molecule has 188 valence electrons. The van der Waals surface area contributed by atoms with Crippen LogP contribution in [0.25, 0.3) is 11.0 Å². The number of hydrogen-bond donors (Lipinski definition) is 1. The van der Waals surface area contributed by atoms with Gasteiger partial charge in [-0.2, -0.15) is 5.10 Å². The molecule has 35 heavy (non-hydrogen) atoms. The van der Waals surface area contributed by atoms with Crippen molar-refractivity contribution in [2.45, 2.75) is 46.1 Å². The first-order valence-corrected chi connectivity index (χ1v) is 12.5. The molecule has 1 fully saturated rings. The number of nitrogens with zero attached hydrogens (tertiary/aromatic N) is 6. The van der Waals surface area contributed by atoms with Crippen molar-refractivity contribution in [1.29, 1.82) is 0 Å². The fourth-order valence-electron chi connectivity index (χ4n) is 5.10. The predicted octanol–water partition coefficient (Wildman–Crippen LogP) is 4.55. The lowest BCUT2D eigenvalue weighted by Gasteiger charge is -2.42. The van der Waals surface area contributed by atoms with Gasteiger partial charge in [-0.1, -0.05) is 24.6 Å². The fourth-order valence-corrected chi connectivity index (χ4v) is 5.32. The SMILES string of the molecule is CC/C=C(\CN1CC(c2c(C)c(Cl)cc(C(C)n3nc(C)c4c(N)ncnc43)c2OC)C1)N(C)C. The second-order valence-electron chi connectivity index (χ2n) is 9.57. The molecule has 3 aromatic rings. The molecule has 2 aromatic heterocycles. The molecule has 1 atom stereocenters. The smallest absolute Gasteiger partial charge is 0.164 e. The first-order chi connectivity index (χ1) is 16.7. The van der Waals surface area contributed by atoms with E-state index in [2.05, 4.69) is 60.7 Å². The molecule has 1 aliphatic rings. The number of likely N-dealkylation sites (N-methyl/N-ethyl adjacent to an activating group) is 1. The van der Waals surface area contributed by atoms with Gasteiger partial charge in [0.05, 0.1) is 24.2 Å². The number of likely N-dealkylation sites (tertiary alicyclic amines) is 1. The summed E-state index contributed by atoms with van der Waals surface area (Å²) in [6, 6.07) is 1.85. The van der Waals surface area contributed by atoms with Crippen LogP contribution in [0.15, 0.2) is 24.2 Å². The number of halogens is 1. The third kappa shape index (κ3) is 4.57. The topological polar surface area (TPSA) is 85.3 Å². The molecule has 9 heteroatoms. The zero-order valence-electron chi connectivity index (χ0n) is 21.8. The van der Waals surface area contributed by atoms with Crippen molar-refractivity contribution in [3.05, 3.63) is 51.6 Å². The van der Waals surface area contributed by atoms with E-state index >= 15 is 0 Å². The number of allylic oxidation sites excluding steroid dienone is 1. The van der Waals surface area contributed by atoms with E-state index in [0.29, 0.717) is 17.4 Å².